The lowest BCUT2D eigenvalue weighted by atomic mass is 10.1. The first-order valence-electron chi connectivity index (χ1n) is 7.99. The van der Waals surface area contributed by atoms with Crippen LogP contribution < -0.4 is 10.1 Å². The van der Waals surface area contributed by atoms with Crippen LogP contribution in [0.25, 0.3) is 6.08 Å². The number of carbonyl (C=O) groups is 1. The van der Waals surface area contributed by atoms with E-state index in [-0.39, 0.29) is 18.3 Å². The van der Waals surface area contributed by atoms with Crippen molar-refractivity contribution in [3.05, 3.63) is 70.1 Å². The number of nitrogens with zero attached hydrogens (tertiary/aromatic N) is 1. The first-order valence-corrected chi connectivity index (χ1v) is 8.78. The minimum atomic E-state index is -0.313. The molecule has 1 aliphatic heterocycles. The minimum Gasteiger partial charge on any atom is -0.487 e. The Bertz CT molecular complexity index is 901. The van der Waals surface area contributed by atoms with Gasteiger partial charge in [0.25, 0.3) is 5.91 Å². The molecule has 1 aliphatic rings. The maximum absolute atomic E-state index is 13.2. The van der Waals surface area contributed by atoms with Crippen LogP contribution in [0.3, 0.4) is 0 Å². The van der Waals surface area contributed by atoms with E-state index in [0.717, 1.165) is 5.56 Å². The van der Waals surface area contributed by atoms with Gasteiger partial charge in [-0.1, -0.05) is 29.8 Å². The first kappa shape index (κ1) is 18.4. The number of benzene rings is 2. The molecular formula is C19H16ClFN2O2S. The number of amides is 1. The number of ether oxygens (including phenoxy) is 1. The van der Waals surface area contributed by atoms with E-state index in [1.165, 1.54) is 17.0 Å². The Kier molecular flexibility index (Phi) is 5.54. The van der Waals surface area contributed by atoms with E-state index in [2.05, 4.69) is 5.32 Å². The fourth-order valence-electron chi connectivity index (χ4n) is 2.54. The predicted molar refractivity (Wildman–Crippen MR) is 103 cm³/mol. The van der Waals surface area contributed by atoms with Crippen molar-refractivity contribution >= 4 is 40.9 Å². The molecule has 2 aromatic carbocycles. The van der Waals surface area contributed by atoms with Gasteiger partial charge in [0, 0.05) is 6.54 Å². The van der Waals surface area contributed by atoms with Gasteiger partial charge in [-0.2, -0.15) is 0 Å². The van der Waals surface area contributed by atoms with E-state index in [1.807, 2.05) is 6.92 Å². The molecule has 1 saturated heterocycles. The van der Waals surface area contributed by atoms with Gasteiger partial charge >= 0.3 is 0 Å². The Morgan fingerprint density at radius 3 is 2.77 bits per heavy atom. The number of thiocarbonyl (C=S) groups is 1. The summed E-state index contributed by atoms with van der Waals surface area (Å²) in [7, 11) is 0. The zero-order valence-electron chi connectivity index (χ0n) is 14.0. The van der Waals surface area contributed by atoms with E-state index >= 15 is 0 Å². The van der Waals surface area contributed by atoms with E-state index in [1.54, 1.807) is 36.4 Å². The molecule has 0 unspecified atom stereocenters. The Labute approximate surface area is 161 Å². The molecular weight excluding hydrogens is 375 g/mol. The van der Waals surface area contributed by atoms with Gasteiger partial charge in [-0.25, -0.2) is 4.39 Å². The number of hydrogen-bond acceptors (Lipinski definition) is 3. The second-order valence-electron chi connectivity index (χ2n) is 5.65. The fourth-order valence-corrected chi connectivity index (χ4v) is 3.10. The summed E-state index contributed by atoms with van der Waals surface area (Å²) in [4.78, 5) is 13.7. The number of hydrogen-bond donors (Lipinski definition) is 1. The van der Waals surface area contributed by atoms with Crippen LogP contribution in [-0.4, -0.2) is 22.5 Å². The van der Waals surface area contributed by atoms with Crippen molar-refractivity contribution in [2.75, 3.05) is 6.54 Å². The van der Waals surface area contributed by atoms with Crippen LogP contribution in [0.15, 0.2) is 48.2 Å². The molecule has 134 valence electrons. The zero-order valence-corrected chi connectivity index (χ0v) is 15.5. The smallest absolute Gasteiger partial charge is 0.276 e. The standard InChI is InChI=1S/C19H16ClFN2O2S/c1-2-23-18(24)16(22-19(23)26)10-12-6-7-17(15(20)9-12)25-11-13-4-3-5-14(21)8-13/h3-10H,2,11H2,1H3,(H,22,26)/b16-10-. The number of carbonyl (C=O) groups excluding carboxylic acids is 1. The summed E-state index contributed by atoms with van der Waals surface area (Å²) in [6.45, 7) is 2.57. The Morgan fingerprint density at radius 2 is 2.12 bits per heavy atom. The Morgan fingerprint density at radius 1 is 1.31 bits per heavy atom. The molecule has 1 N–H and O–H groups in total. The second kappa shape index (κ2) is 7.85. The highest BCUT2D eigenvalue weighted by atomic mass is 35.5. The van der Waals surface area contributed by atoms with Crippen LogP contribution in [-0.2, 0) is 11.4 Å². The van der Waals surface area contributed by atoms with Crippen LogP contribution in [0, 0.1) is 5.82 Å². The summed E-state index contributed by atoms with van der Waals surface area (Å²) in [5.41, 5.74) is 1.85. The van der Waals surface area contributed by atoms with Gasteiger partial charge in [0.1, 0.15) is 23.9 Å². The SMILES string of the molecule is CCN1C(=O)/C(=C/c2ccc(OCc3cccc(F)c3)c(Cl)c2)NC1=S. The normalized spacial score (nSPS) is 15.5. The highest BCUT2D eigenvalue weighted by molar-refractivity contribution is 7.80. The maximum atomic E-state index is 13.2. The van der Waals surface area contributed by atoms with E-state index in [9.17, 15) is 9.18 Å². The zero-order chi connectivity index (χ0) is 18.7. The van der Waals surface area contributed by atoms with Gasteiger partial charge < -0.3 is 10.1 Å². The molecule has 1 heterocycles. The molecule has 1 fully saturated rings. The molecule has 2 aromatic rings. The molecule has 26 heavy (non-hydrogen) atoms. The topological polar surface area (TPSA) is 41.6 Å². The number of rotatable bonds is 5. The number of halogens is 2. The third kappa shape index (κ3) is 4.03. The lowest BCUT2D eigenvalue weighted by Crippen LogP contribution is -2.30. The van der Waals surface area contributed by atoms with Crippen LogP contribution >= 0.6 is 23.8 Å². The molecule has 4 nitrogen and oxygen atoms in total. The first-order chi connectivity index (χ1) is 12.5. The summed E-state index contributed by atoms with van der Waals surface area (Å²) < 4.78 is 18.8. The van der Waals surface area contributed by atoms with Crippen molar-refractivity contribution < 1.29 is 13.9 Å². The second-order valence-corrected chi connectivity index (χ2v) is 6.44. The lowest BCUT2D eigenvalue weighted by Gasteiger charge is -2.09. The molecule has 0 aromatic heterocycles. The number of likely N-dealkylation sites (N-methyl/N-ethyl adjacent to an activating group) is 1. The molecule has 0 radical (unpaired) electrons. The van der Waals surface area contributed by atoms with Crippen LogP contribution in [0.1, 0.15) is 18.1 Å². The van der Waals surface area contributed by atoms with Crippen LogP contribution in [0.4, 0.5) is 4.39 Å². The molecule has 0 spiro atoms. The lowest BCUT2D eigenvalue weighted by molar-refractivity contribution is -0.122. The van der Waals surface area contributed by atoms with Crippen molar-refractivity contribution in [3.8, 4) is 5.75 Å². The molecule has 0 bridgehead atoms. The highest BCUT2D eigenvalue weighted by Crippen LogP contribution is 2.27. The third-order valence-electron chi connectivity index (χ3n) is 3.83. The number of nitrogens with one attached hydrogen (secondary N) is 1. The van der Waals surface area contributed by atoms with Gasteiger partial charge in [0.2, 0.25) is 0 Å². The quantitative estimate of drug-likeness (QED) is 0.615. The van der Waals surface area contributed by atoms with Crippen molar-refractivity contribution in [1.29, 1.82) is 0 Å². The summed E-state index contributed by atoms with van der Waals surface area (Å²) in [5, 5.41) is 3.69. The third-order valence-corrected chi connectivity index (χ3v) is 4.45. The summed E-state index contributed by atoms with van der Waals surface area (Å²) in [6.07, 6.45) is 1.69. The van der Waals surface area contributed by atoms with E-state index < -0.39 is 0 Å². The molecule has 0 atom stereocenters. The van der Waals surface area contributed by atoms with Gasteiger partial charge in [-0.15, -0.1) is 0 Å². The van der Waals surface area contributed by atoms with Crippen LogP contribution in [0.5, 0.6) is 5.75 Å². The summed E-state index contributed by atoms with van der Waals surface area (Å²) in [5.74, 6) is 0.00137. The molecule has 0 aliphatic carbocycles. The van der Waals surface area contributed by atoms with Gasteiger partial charge in [-0.05, 0) is 60.6 Å². The van der Waals surface area contributed by atoms with Crippen molar-refractivity contribution in [2.24, 2.45) is 0 Å². The van der Waals surface area contributed by atoms with Crippen LogP contribution in [0.2, 0.25) is 5.02 Å². The minimum absolute atomic E-state index is 0.167. The Hall–Kier alpha value is -2.44. The Balaban J connectivity index is 1.73. The average molecular weight is 391 g/mol. The van der Waals surface area contributed by atoms with Crippen molar-refractivity contribution in [2.45, 2.75) is 13.5 Å². The summed E-state index contributed by atoms with van der Waals surface area (Å²) >= 11 is 11.4. The van der Waals surface area contributed by atoms with E-state index in [0.29, 0.717) is 33.7 Å². The van der Waals surface area contributed by atoms with Crippen molar-refractivity contribution in [3.63, 3.8) is 0 Å². The monoisotopic (exact) mass is 390 g/mol. The van der Waals surface area contributed by atoms with Crippen molar-refractivity contribution in [1.82, 2.24) is 10.2 Å². The summed E-state index contributed by atoms with van der Waals surface area (Å²) in [6, 6.07) is 11.4. The molecule has 7 heteroatoms. The van der Waals surface area contributed by atoms with Gasteiger partial charge in [0.05, 0.1) is 5.02 Å². The van der Waals surface area contributed by atoms with Gasteiger partial charge in [-0.3, -0.25) is 9.69 Å². The fraction of sp³-hybridized carbons (Fsp3) is 0.158. The predicted octanol–water partition coefficient (Wildman–Crippen LogP) is 4.14. The maximum Gasteiger partial charge on any atom is 0.276 e. The largest absolute Gasteiger partial charge is 0.487 e. The molecule has 1 amide bonds. The average Bonchev–Trinajstić information content (AvgIpc) is 2.87. The van der Waals surface area contributed by atoms with E-state index in [4.69, 9.17) is 28.6 Å². The molecule has 0 saturated carbocycles. The highest BCUT2D eigenvalue weighted by Gasteiger charge is 2.28. The van der Waals surface area contributed by atoms with Gasteiger partial charge in [0.15, 0.2) is 5.11 Å². The molecule has 3 rings (SSSR count).